The Balaban J connectivity index is 1.98. The lowest BCUT2D eigenvalue weighted by molar-refractivity contribution is 0.100. The molecule has 1 aromatic rings. The van der Waals surface area contributed by atoms with Crippen LogP contribution in [-0.4, -0.2) is 26.2 Å². The monoisotopic (exact) mass is 293 g/mol. The normalized spacial score (nSPS) is 10.5. The third-order valence-corrected chi connectivity index (χ3v) is 3.40. The quantitative estimate of drug-likeness (QED) is 0.600. The van der Waals surface area contributed by atoms with Gasteiger partial charge in [0.15, 0.2) is 0 Å². The average Bonchev–Trinajstić information content (AvgIpc) is 2.49. The fourth-order valence-corrected chi connectivity index (χ4v) is 2.14. The van der Waals surface area contributed by atoms with Crippen LogP contribution in [0.3, 0.4) is 0 Å². The summed E-state index contributed by atoms with van der Waals surface area (Å²) in [6.07, 6.45) is 8.53. The summed E-state index contributed by atoms with van der Waals surface area (Å²) in [5, 5.41) is 0. The largest absolute Gasteiger partial charge is 0.494 e. The summed E-state index contributed by atoms with van der Waals surface area (Å²) in [4.78, 5) is 10.9. The second-order valence-electron chi connectivity index (χ2n) is 5.20. The Morgan fingerprint density at radius 2 is 1.43 bits per heavy atom. The van der Waals surface area contributed by atoms with E-state index in [2.05, 4.69) is 0 Å². The van der Waals surface area contributed by atoms with Crippen LogP contribution >= 0.6 is 0 Å². The van der Waals surface area contributed by atoms with Crippen LogP contribution in [0, 0.1) is 0 Å². The maximum absolute atomic E-state index is 10.9. The van der Waals surface area contributed by atoms with Crippen molar-refractivity contribution in [1.29, 1.82) is 0 Å². The van der Waals surface area contributed by atoms with Crippen LogP contribution in [-0.2, 0) is 4.74 Å². The maximum Gasteiger partial charge on any atom is 0.248 e. The van der Waals surface area contributed by atoms with Crippen molar-refractivity contribution in [2.75, 3.05) is 20.3 Å². The SMILES string of the molecule is COCCCCCCCCCOc1ccc(C(N)=O)cc1. The van der Waals surface area contributed by atoms with Gasteiger partial charge in [-0.3, -0.25) is 4.79 Å². The van der Waals surface area contributed by atoms with Crippen LogP contribution in [0.2, 0.25) is 0 Å². The van der Waals surface area contributed by atoms with Gasteiger partial charge in [-0.05, 0) is 37.1 Å². The maximum atomic E-state index is 10.9. The summed E-state index contributed by atoms with van der Waals surface area (Å²) < 4.78 is 10.7. The molecule has 0 bridgehead atoms. The number of hydrogen-bond donors (Lipinski definition) is 1. The smallest absolute Gasteiger partial charge is 0.248 e. The molecule has 0 fully saturated rings. The van der Waals surface area contributed by atoms with Gasteiger partial charge < -0.3 is 15.2 Å². The van der Waals surface area contributed by atoms with Crippen molar-refractivity contribution >= 4 is 5.91 Å². The van der Waals surface area contributed by atoms with Gasteiger partial charge in [-0.25, -0.2) is 0 Å². The topological polar surface area (TPSA) is 61.6 Å². The second kappa shape index (κ2) is 11.1. The number of carbonyl (C=O) groups is 1. The Labute approximate surface area is 127 Å². The Hall–Kier alpha value is -1.55. The minimum Gasteiger partial charge on any atom is -0.494 e. The molecule has 4 heteroatoms. The van der Waals surface area contributed by atoms with Gasteiger partial charge in [0.05, 0.1) is 6.61 Å². The van der Waals surface area contributed by atoms with E-state index in [1.54, 1.807) is 31.4 Å². The van der Waals surface area contributed by atoms with Crippen molar-refractivity contribution < 1.29 is 14.3 Å². The molecule has 0 heterocycles. The van der Waals surface area contributed by atoms with Gasteiger partial charge in [0, 0.05) is 19.3 Å². The van der Waals surface area contributed by atoms with Gasteiger partial charge in [-0.15, -0.1) is 0 Å². The molecule has 0 unspecified atom stereocenters. The van der Waals surface area contributed by atoms with E-state index in [9.17, 15) is 4.79 Å². The summed E-state index contributed by atoms with van der Waals surface area (Å²) in [7, 11) is 1.75. The molecule has 1 aromatic carbocycles. The Bertz CT molecular complexity index is 390. The molecular weight excluding hydrogens is 266 g/mol. The van der Waals surface area contributed by atoms with E-state index in [1.165, 1.54) is 38.5 Å². The van der Waals surface area contributed by atoms with Crippen molar-refractivity contribution in [2.45, 2.75) is 44.9 Å². The molecule has 21 heavy (non-hydrogen) atoms. The predicted molar refractivity (Wildman–Crippen MR) is 84.6 cm³/mol. The van der Waals surface area contributed by atoms with Crippen molar-refractivity contribution in [2.24, 2.45) is 5.73 Å². The summed E-state index contributed by atoms with van der Waals surface area (Å²) >= 11 is 0. The van der Waals surface area contributed by atoms with Crippen LogP contribution in [0.5, 0.6) is 5.75 Å². The first-order valence-corrected chi connectivity index (χ1v) is 7.75. The molecule has 0 saturated heterocycles. The van der Waals surface area contributed by atoms with Crippen LogP contribution in [0.15, 0.2) is 24.3 Å². The van der Waals surface area contributed by atoms with Crippen molar-refractivity contribution in [3.05, 3.63) is 29.8 Å². The van der Waals surface area contributed by atoms with E-state index in [0.29, 0.717) is 5.56 Å². The fourth-order valence-electron chi connectivity index (χ4n) is 2.14. The first-order valence-electron chi connectivity index (χ1n) is 7.75. The highest BCUT2D eigenvalue weighted by Gasteiger charge is 2.00. The standard InChI is InChI=1S/C17H27NO3/c1-20-13-7-5-3-2-4-6-8-14-21-16-11-9-15(10-12-16)17(18)19/h9-12H,2-8,13-14H2,1H3,(H2,18,19). The minimum atomic E-state index is -0.410. The highest BCUT2D eigenvalue weighted by atomic mass is 16.5. The van der Waals surface area contributed by atoms with Gasteiger partial charge >= 0.3 is 0 Å². The summed E-state index contributed by atoms with van der Waals surface area (Å²) in [6.45, 7) is 1.60. The molecular formula is C17H27NO3. The molecule has 1 amide bonds. The van der Waals surface area contributed by atoms with Gasteiger partial charge in [-0.2, -0.15) is 0 Å². The Morgan fingerprint density at radius 3 is 1.95 bits per heavy atom. The molecule has 0 aliphatic carbocycles. The van der Waals surface area contributed by atoms with Gasteiger partial charge in [0.2, 0.25) is 5.91 Å². The van der Waals surface area contributed by atoms with Gasteiger partial charge in [-0.1, -0.05) is 32.1 Å². The molecule has 2 N–H and O–H groups in total. The summed E-state index contributed by atoms with van der Waals surface area (Å²) in [5.74, 6) is 0.381. The van der Waals surface area contributed by atoms with E-state index in [-0.39, 0.29) is 0 Å². The first kappa shape index (κ1) is 17.5. The lowest BCUT2D eigenvalue weighted by atomic mass is 10.1. The van der Waals surface area contributed by atoms with E-state index in [0.717, 1.165) is 25.4 Å². The third kappa shape index (κ3) is 8.35. The zero-order chi connectivity index (χ0) is 15.3. The fraction of sp³-hybridized carbons (Fsp3) is 0.588. The second-order valence-corrected chi connectivity index (χ2v) is 5.20. The van der Waals surface area contributed by atoms with Gasteiger partial charge in [0.25, 0.3) is 0 Å². The Morgan fingerprint density at radius 1 is 0.905 bits per heavy atom. The number of carbonyl (C=O) groups excluding carboxylic acids is 1. The number of rotatable bonds is 12. The first-order chi connectivity index (χ1) is 10.2. The highest BCUT2D eigenvalue weighted by Crippen LogP contribution is 2.13. The van der Waals surface area contributed by atoms with Crippen molar-refractivity contribution in [3.63, 3.8) is 0 Å². The zero-order valence-electron chi connectivity index (χ0n) is 13.0. The summed E-state index contributed by atoms with van der Waals surface area (Å²) in [6, 6.07) is 6.96. The van der Waals surface area contributed by atoms with Gasteiger partial charge in [0.1, 0.15) is 5.75 Å². The van der Waals surface area contributed by atoms with E-state index < -0.39 is 5.91 Å². The number of hydrogen-bond acceptors (Lipinski definition) is 3. The van der Waals surface area contributed by atoms with Crippen molar-refractivity contribution in [1.82, 2.24) is 0 Å². The summed E-state index contributed by atoms with van der Waals surface area (Å²) in [5.41, 5.74) is 5.69. The third-order valence-electron chi connectivity index (χ3n) is 3.40. The number of amides is 1. The van der Waals surface area contributed by atoms with E-state index >= 15 is 0 Å². The molecule has 0 spiro atoms. The highest BCUT2D eigenvalue weighted by molar-refractivity contribution is 5.92. The Kier molecular flexibility index (Phi) is 9.29. The molecule has 0 saturated carbocycles. The van der Waals surface area contributed by atoms with Crippen LogP contribution in [0.1, 0.15) is 55.3 Å². The molecule has 0 radical (unpaired) electrons. The molecule has 4 nitrogen and oxygen atoms in total. The zero-order valence-corrected chi connectivity index (χ0v) is 13.0. The molecule has 0 aromatic heterocycles. The van der Waals surface area contributed by atoms with Crippen molar-refractivity contribution in [3.8, 4) is 5.75 Å². The van der Waals surface area contributed by atoms with Crippen LogP contribution in [0.4, 0.5) is 0 Å². The molecule has 0 aliphatic heterocycles. The number of methoxy groups -OCH3 is 1. The average molecular weight is 293 g/mol. The molecule has 0 atom stereocenters. The number of unbranched alkanes of at least 4 members (excludes halogenated alkanes) is 6. The van der Waals surface area contributed by atoms with Crippen LogP contribution in [0.25, 0.3) is 0 Å². The van der Waals surface area contributed by atoms with E-state index in [4.69, 9.17) is 15.2 Å². The van der Waals surface area contributed by atoms with E-state index in [1.807, 2.05) is 0 Å². The number of nitrogens with two attached hydrogens (primary N) is 1. The minimum absolute atomic E-state index is 0.410. The lowest BCUT2D eigenvalue weighted by Crippen LogP contribution is -2.10. The lowest BCUT2D eigenvalue weighted by Gasteiger charge is -2.06. The number of primary amides is 1. The molecule has 118 valence electrons. The number of benzene rings is 1. The number of ether oxygens (including phenoxy) is 2. The molecule has 1 rings (SSSR count). The predicted octanol–water partition coefficient (Wildman–Crippen LogP) is 3.54. The van der Waals surface area contributed by atoms with Crippen LogP contribution < -0.4 is 10.5 Å². The molecule has 0 aliphatic rings.